The van der Waals surface area contributed by atoms with Gasteiger partial charge < -0.3 is 15.2 Å². The normalized spacial score (nSPS) is 40.3. The molecule has 2 aliphatic heterocycles. The van der Waals surface area contributed by atoms with Gasteiger partial charge in [0.25, 0.3) is 0 Å². The predicted molar refractivity (Wildman–Crippen MR) is 50.8 cm³/mol. The minimum Gasteiger partial charge on any atom is -0.378 e. The molecule has 0 saturated carbocycles. The highest BCUT2D eigenvalue weighted by atomic mass is 19.1. The first-order chi connectivity index (χ1) is 6.76. The summed E-state index contributed by atoms with van der Waals surface area (Å²) in [6, 6.07) is 0. The quantitative estimate of drug-likeness (QED) is 0.724. The SMILES string of the molecule is NCC(F)C1CCOC2(CCOC2)C1. The van der Waals surface area contributed by atoms with Gasteiger partial charge in [0.05, 0.1) is 12.2 Å². The van der Waals surface area contributed by atoms with E-state index in [1.807, 2.05) is 0 Å². The first kappa shape index (κ1) is 10.3. The van der Waals surface area contributed by atoms with Gasteiger partial charge in [-0.25, -0.2) is 4.39 Å². The van der Waals surface area contributed by atoms with Gasteiger partial charge in [-0.05, 0) is 18.8 Å². The molecule has 2 aliphatic rings. The lowest BCUT2D eigenvalue weighted by Crippen LogP contribution is -2.44. The fourth-order valence-corrected chi connectivity index (χ4v) is 2.43. The number of hydrogen-bond acceptors (Lipinski definition) is 3. The molecule has 0 aromatic carbocycles. The van der Waals surface area contributed by atoms with Crippen LogP contribution in [0.2, 0.25) is 0 Å². The first-order valence-electron chi connectivity index (χ1n) is 5.32. The van der Waals surface area contributed by atoms with E-state index in [-0.39, 0.29) is 18.1 Å². The molecule has 0 radical (unpaired) electrons. The Bertz CT molecular complexity index is 195. The maximum absolute atomic E-state index is 13.4. The molecule has 0 bridgehead atoms. The van der Waals surface area contributed by atoms with E-state index < -0.39 is 6.17 Å². The first-order valence-corrected chi connectivity index (χ1v) is 5.32. The molecule has 0 aromatic rings. The van der Waals surface area contributed by atoms with Crippen molar-refractivity contribution in [3.8, 4) is 0 Å². The Kier molecular flexibility index (Phi) is 3.04. The molecule has 2 rings (SSSR count). The van der Waals surface area contributed by atoms with Crippen LogP contribution in [0.3, 0.4) is 0 Å². The molecule has 4 heteroatoms. The van der Waals surface area contributed by atoms with Crippen molar-refractivity contribution >= 4 is 0 Å². The Morgan fingerprint density at radius 3 is 3.00 bits per heavy atom. The molecular formula is C10H18FNO2. The van der Waals surface area contributed by atoms with Crippen molar-refractivity contribution in [3.63, 3.8) is 0 Å². The summed E-state index contributed by atoms with van der Waals surface area (Å²) in [5.74, 6) is 0.0652. The lowest BCUT2D eigenvalue weighted by molar-refractivity contribution is -0.108. The molecule has 82 valence electrons. The van der Waals surface area contributed by atoms with Crippen LogP contribution in [-0.4, -0.2) is 38.1 Å². The van der Waals surface area contributed by atoms with Gasteiger partial charge in [0, 0.05) is 26.2 Å². The van der Waals surface area contributed by atoms with Crippen molar-refractivity contribution in [2.75, 3.05) is 26.4 Å². The molecule has 3 nitrogen and oxygen atoms in total. The number of halogens is 1. The molecule has 3 atom stereocenters. The molecule has 3 unspecified atom stereocenters. The zero-order valence-corrected chi connectivity index (χ0v) is 8.38. The lowest BCUT2D eigenvalue weighted by Gasteiger charge is -2.38. The molecule has 2 N–H and O–H groups in total. The van der Waals surface area contributed by atoms with Gasteiger partial charge in [-0.15, -0.1) is 0 Å². The lowest BCUT2D eigenvalue weighted by atomic mass is 9.83. The second-order valence-corrected chi connectivity index (χ2v) is 4.34. The van der Waals surface area contributed by atoms with Crippen molar-refractivity contribution in [2.45, 2.75) is 31.0 Å². The van der Waals surface area contributed by atoms with E-state index in [9.17, 15) is 4.39 Å². The zero-order valence-electron chi connectivity index (χ0n) is 8.38. The van der Waals surface area contributed by atoms with Crippen LogP contribution in [0.25, 0.3) is 0 Å². The fraction of sp³-hybridized carbons (Fsp3) is 1.00. The zero-order chi connectivity index (χ0) is 10.0. The smallest absolute Gasteiger partial charge is 0.115 e. The Morgan fingerprint density at radius 1 is 1.50 bits per heavy atom. The highest BCUT2D eigenvalue weighted by molar-refractivity contribution is 4.92. The summed E-state index contributed by atoms with van der Waals surface area (Å²) in [6.45, 7) is 2.14. The largest absolute Gasteiger partial charge is 0.378 e. The van der Waals surface area contributed by atoms with Crippen LogP contribution < -0.4 is 5.73 Å². The van der Waals surface area contributed by atoms with Crippen molar-refractivity contribution in [2.24, 2.45) is 11.7 Å². The summed E-state index contributed by atoms with van der Waals surface area (Å²) in [5, 5.41) is 0. The van der Waals surface area contributed by atoms with Gasteiger partial charge in [0.2, 0.25) is 0 Å². The van der Waals surface area contributed by atoms with Crippen LogP contribution in [0, 0.1) is 5.92 Å². The van der Waals surface area contributed by atoms with E-state index in [0.29, 0.717) is 13.2 Å². The highest BCUT2D eigenvalue weighted by Crippen LogP contribution is 2.37. The van der Waals surface area contributed by atoms with Gasteiger partial charge in [-0.1, -0.05) is 0 Å². The Balaban J connectivity index is 1.96. The summed E-state index contributed by atoms with van der Waals surface area (Å²) in [5.41, 5.74) is 5.15. The van der Waals surface area contributed by atoms with Gasteiger partial charge in [0.1, 0.15) is 6.17 Å². The number of ether oxygens (including phenoxy) is 2. The second kappa shape index (κ2) is 4.13. The molecule has 1 spiro atoms. The van der Waals surface area contributed by atoms with Crippen LogP contribution in [0.5, 0.6) is 0 Å². The summed E-state index contributed by atoms with van der Waals surface area (Å²) in [4.78, 5) is 0. The third kappa shape index (κ3) is 1.92. The van der Waals surface area contributed by atoms with Gasteiger partial charge in [-0.2, -0.15) is 0 Å². The average Bonchev–Trinajstić information content (AvgIpc) is 2.65. The van der Waals surface area contributed by atoms with Crippen LogP contribution in [0.15, 0.2) is 0 Å². The van der Waals surface area contributed by atoms with E-state index in [2.05, 4.69) is 0 Å². The molecule has 14 heavy (non-hydrogen) atoms. The standard InChI is InChI=1S/C10H18FNO2/c11-9(6-12)8-1-3-14-10(5-8)2-4-13-7-10/h8-9H,1-7,12H2. The number of rotatable bonds is 2. The van der Waals surface area contributed by atoms with Crippen LogP contribution in [0.4, 0.5) is 4.39 Å². The monoisotopic (exact) mass is 203 g/mol. The van der Waals surface area contributed by atoms with Crippen LogP contribution >= 0.6 is 0 Å². The third-order valence-corrected chi connectivity index (χ3v) is 3.33. The van der Waals surface area contributed by atoms with E-state index in [1.54, 1.807) is 0 Å². The molecule has 2 fully saturated rings. The molecule has 0 aromatic heterocycles. The van der Waals surface area contributed by atoms with Crippen molar-refractivity contribution in [1.82, 2.24) is 0 Å². The van der Waals surface area contributed by atoms with Crippen LogP contribution in [0.1, 0.15) is 19.3 Å². The second-order valence-electron chi connectivity index (χ2n) is 4.34. The van der Waals surface area contributed by atoms with Crippen LogP contribution in [-0.2, 0) is 9.47 Å². The summed E-state index contributed by atoms with van der Waals surface area (Å²) in [6.07, 6.45) is 1.59. The number of hydrogen-bond donors (Lipinski definition) is 1. The van der Waals surface area contributed by atoms with E-state index in [0.717, 1.165) is 25.9 Å². The maximum atomic E-state index is 13.4. The summed E-state index contributed by atoms with van der Waals surface area (Å²) in [7, 11) is 0. The highest BCUT2D eigenvalue weighted by Gasteiger charge is 2.42. The Labute approximate surface area is 83.7 Å². The van der Waals surface area contributed by atoms with E-state index >= 15 is 0 Å². The van der Waals surface area contributed by atoms with Crippen molar-refractivity contribution in [1.29, 1.82) is 0 Å². The van der Waals surface area contributed by atoms with Gasteiger partial charge in [0.15, 0.2) is 0 Å². The van der Waals surface area contributed by atoms with E-state index in [1.165, 1.54) is 0 Å². The topological polar surface area (TPSA) is 44.5 Å². The fourth-order valence-electron chi connectivity index (χ4n) is 2.43. The minimum absolute atomic E-state index is 0.0652. The predicted octanol–water partition coefficient (Wildman–Crippen LogP) is 0.869. The van der Waals surface area contributed by atoms with E-state index in [4.69, 9.17) is 15.2 Å². The molecule has 2 saturated heterocycles. The van der Waals surface area contributed by atoms with Crippen molar-refractivity contribution < 1.29 is 13.9 Å². The molecule has 2 heterocycles. The Morgan fingerprint density at radius 2 is 2.36 bits per heavy atom. The minimum atomic E-state index is -0.878. The summed E-state index contributed by atoms with van der Waals surface area (Å²) < 4.78 is 24.5. The molecule has 0 amide bonds. The number of alkyl halides is 1. The molecular weight excluding hydrogens is 185 g/mol. The maximum Gasteiger partial charge on any atom is 0.115 e. The average molecular weight is 203 g/mol. The Hall–Kier alpha value is -0.190. The molecule has 0 aliphatic carbocycles. The van der Waals surface area contributed by atoms with Gasteiger partial charge >= 0.3 is 0 Å². The van der Waals surface area contributed by atoms with Crippen molar-refractivity contribution in [3.05, 3.63) is 0 Å². The third-order valence-electron chi connectivity index (χ3n) is 3.33. The summed E-state index contributed by atoms with van der Waals surface area (Å²) >= 11 is 0. The van der Waals surface area contributed by atoms with Gasteiger partial charge in [-0.3, -0.25) is 0 Å². The number of nitrogens with two attached hydrogens (primary N) is 1.